The minimum Gasteiger partial charge on any atom is -0.297 e. The number of para-hydroxylation sites is 1. The molecule has 0 radical (unpaired) electrons. The first-order valence-corrected chi connectivity index (χ1v) is 7.42. The lowest BCUT2D eigenvalue weighted by molar-refractivity contribution is -0.112. The van der Waals surface area contributed by atoms with E-state index in [0.717, 1.165) is 15.8 Å². The van der Waals surface area contributed by atoms with Crippen LogP contribution in [0, 0.1) is 11.3 Å². The van der Waals surface area contributed by atoms with Crippen molar-refractivity contribution in [3.63, 3.8) is 0 Å². The number of carbonyl (C=O) groups is 1. The van der Waals surface area contributed by atoms with E-state index in [0.29, 0.717) is 5.13 Å². The molecule has 1 N–H and O–H groups in total. The summed E-state index contributed by atoms with van der Waals surface area (Å²) in [6, 6.07) is 18.8. The van der Waals surface area contributed by atoms with E-state index >= 15 is 0 Å². The molecule has 0 aliphatic carbocycles. The lowest BCUT2D eigenvalue weighted by Gasteiger charge is -1.99. The van der Waals surface area contributed by atoms with E-state index < -0.39 is 5.91 Å². The molecule has 0 saturated heterocycles. The van der Waals surface area contributed by atoms with Crippen molar-refractivity contribution in [2.24, 2.45) is 0 Å². The smallest absolute Gasteiger partial charge is 0.268 e. The molecule has 4 nitrogen and oxygen atoms in total. The SMILES string of the molecule is N#C/C(=C\c1ccccc1)C(=O)Nc1nc2ccccc2s1. The highest BCUT2D eigenvalue weighted by Crippen LogP contribution is 2.25. The number of anilines is 1. The summed E-state index contributed by atoms with van der Waals surface area (Å²) in [5.41, 5.74) is 1.68. The predicted molar refractivity (Wildman–Crippen MR) is 88.3 cm³/mol. The fraction of sp³-hybridized carbons (Fsp3) is 0. The second kappa shape index (κ2) is 6.20. The molecule has 0 aliphatic heterocycles. The Morgan fingerprint density at radius 3 is 2.59 bits per heavy atom. The maximum Gasteiger partial charge on any atom is 0.268 e. The molecule has 0 aliphatic rings. The molecule has 0 fully saturated rings. The maximum absolute atomic E-state index is 12.2. The molecular formula is C17H11N3OS. The number of nitriles is 1. The number of hydrogen-bond acceptors (Lipinski definition) is 4. The van der Waals surface area contributed by atoms with E-state index in [1.165, 1.54) is 11.3 Å². The Balaban J connectivity index is 1.83. The number of amides is 1. The Bertz CT molecular complexity index is 858. The fourth-order valence-corrected chi connectivity index (χ4v) is 2.82. The second-order valence-electron chi connectivity index (χ2n) is 4.52. The van der Waals surface area contributed by atoms with Gasteiger partial charge in [0.25, 0.3) is 5.91 Å². The largest absolute Gasteiger partial charge is 0.297 e. The monoisotopic (exact) mass is 305 g/mol. The number of benzene rings is 2. The molecule has 1 heterocycles. The number of aromatic nitrogens is 1. The quantitative estimate of drug-likeness (QED) is 0.590. The van der Waals surface area contributed by atoms with Crippen molar-refractivity contribution in [3.05, 3.63) is 65.7 Å². The number of carbonyl (C=O) groups excluding carboxylic acids is 1. The first kappa shape index (κ1) is 14.0. The van der Waals surface area contributed by atoms with Crippen LogP contribution in [0.2, 0.25) is 0 Å². The lowest BCUT2D eigenvalue weighted by atomic mass is 10.1. The van der Waals surface area contributed by atoms with Crippen molar-refractivity contribution >= 4 is 38.7 Å². The van der Waals surface area contributed by atoms with Gasteiger partial charge in [-0.3, -0.25) is 10.1 Å². The van der Waals surface area contributed by atoms with Crippen molar-refractivity contribution in [1.29, 1.82) is 5.26 Å². The van der Waals surface area contributed by atoms with Crippen LogP contribution in [0.25, 0.3) is 16.3 Å². The van der Waals surface area contributed by atoms with Crippen LogP contribution in [0.15, 0.2) is 60.2 Å². The zero-order valence-electron chi connectivity index (χ0n) is 11.5. The lowest BCUT2D eigenvalue weighted by Crippen LogP contribution is -2.13. The van der Waals surface area contributed by atoms with Crippen LogP contribution in [-0.2, 0) is 4.79 Å². The molecule has 1 amide bonds. The van der Waals surface area contributed by atoms with Crippen molar-refractivity contribution in [3.8, 4) is 6.07 Å². The highest BCUT2D eigenvalue weighted by molar-refractivity contribution is 7.22. The van der Waals surface area contributed by atoms with Crippen LogP contribution in [0.5, 0.6) is 0 Å². The van der Waals surface area contributed by atoms with Crippen molar-refractivity contribution in [1.82, 2.24) is 4.98 Å². The molecular weight excluding hydrogens is 294 g/mol. The van der Waals surface area contributed by atoms with Gasteiger partial charge in [-0.25, -0.2) is 4.98 Å². The molecule has 0 atom stereocenters. The molecule has 5 heteroatoms. The molecule has 0 spiro atoms. The number of nitrogens with zero attached hydrogens (tertiary/aromatic N) is 2. The summed E-state index contributed by atoms with van der Waals surface area (Å²) in [4.78, 5) is 16.5. The van der Waals surface area contributed by atoms with E-state index in [-0.39, 0.29) is 5.57 Å². The zero-order chi connectivity index (χ0) is 15.4. The second-order valence-corrected chi connectivity index (χ2v) is 5.55. The van der Waals surface area contributed by atoms with Gasteiger partial charge in [0.15, 0.2) is 5.13 Å². The molecule has 3 rings (SSSR count). The number of nitrogens with one attached hydrogen (secondary N) is 1. The van der Waals surface area contributed by atoms with Gasteiger partial charge in [0.2, 0.25) is 0 Å². The molecule has 0 unspecified atom stereocenters. The summed E-state index contributed by atoms with van der Waals surface area (Å²) < 4.78 is 0.989. The van der Waals surface area contributed by atoms with Gasteiger partial charge in [-0.05, 0) is 23.8 Å². The Morgan fingerprint density at radius 1 is 1.14 bits per heavy atom. The summed E-state index contributed by atoms with van der Waals surface area (Å²) in [5, 5.41) is 12.3. The average molecular weight is 305 g/mol. The number of thiazole rings is 1. The molecule has 1 aromatic heterocycles. The Labute approximate surface area is 131 Å². The van der Waals surface area contributed by atoms with Crippen LogP contribution < -0.4 is 5.32 Å². The van der Waals surface area contributed by atoms with Crippen LogP contribution in [0.1, 0.15) is 5.56 Å². The summed E-state index contributed by atoms with van der Waals surface area (Å²) in [6.07, 6.45) is 1.56. The van der Waals surface area contributed by atoms with Gasteiger partial charge in [-0.2, -0.15) is 5.26 Å². The summed E-state index contributed by atoms with van der Waals surface area (Å²) in [6.45, 7) is 0. The topological polar surface area (TPSA) is 65.8 Å². The Morgan fingerprint density at radius 2 is 1.86 bits per heavy atom. The minimum absolute atomic E-state index is 0.0467. The first-order valence-electron chi connectivity index (χ1n) is 6.60. The maximum atomic E-state index is 12.2. The molecule has 3 aromatic rings. The molecule has 106 valence electrons. The zero-order valence-corrected chi connectivity index (χ0v) is 12.3. The van der Waals surface area contributed by atoms with Gasteiger partial charge in [-0.1, -0.05) is 53.8 Å². The number of rotatable bonds is 3. The van der Waals surface area contributed by atoms with Crippen LogP contribution >= 0.6 is 11.3 Å². The molecule has 0 saturated carbocycles. The third-order valence-corrected chi connectivity index (χ3v) is 3.94. The normalized spacial score (nSPS) is 11.1. The van der Waals surface area contributed by atoms with Gasteiger partial charge >= 0.3 is 0 Å². The van der Waals surface area contributed by atoms with Gasteiger partial charge in [0.1, 0.15) is 11.6 Å². The third kappa shape index (κ3) is 3.03. The van der Waals surface area contributed by atoms with E-state index in [1.54, 1.807) is 6.08 Å². The molecule has 0 bridgehead atoms. The van der Waals surface area contributed by atoms with Gasteiger partial charge in [0, 0.05) is 0 Å². The van der Waals surface area contributed by atoms with E-state index in [1.807, 2.05) is 60.7 Å². The summed E-state index contributed by atoms with van der Waals surface area (Å²) in [7, 11) is 0. The van der Waals surface area contributed by atoms with E-state index in [2.05, 4.69) is 10.3 Å². The standard InChI is InChI=1S/C17H11N3OS/c18-11-13(10-12-6-2-1-3-7-12)16(21)20-17-19-14-8-4-5-9-15(14)22-17/h1-10H,(H,19,20,21)/b13-10+. The third-order valence-electron chi connectivity index (χ3n) is 2.99. The van der Waals surface area contributed by atoms with Crippen LogP contribution in [0.3, 0.4) is 0 Å². The van der Waals surface area contributed by atoms with Crippen LogP contribution in [-0.4, -0.2) is 10.9 Å². The Hall–Kier alpha value is -2.97. The van der Waals surface area contributed by atoms with Crippen molar-refractivity contribution in [2.45, 2.75) is 0 Å². The van der Waals surface area contributed by atoms with Crippen LogP contribution in [0.4, 0.5) is 5.13 Å². The van der Waals surface area contributed by atoms with Gasteiger partial charge < -0.3 is 0 Å². The van der Waals surface area contributed by atoms with E-state index in [9.17, 15) is 10.1 Å². The number of hydrogen-bond donors (Lipinski definition) is 1. The first-order chi connectivity index (χ1) is 10.8. The summed E-state index contributed by atoms with van der Waals surface area (Å²) >= 11 is 1.38. The molecule has 2 aromatic carbocycles. The predicted octanol–water partition coefficient (Wildman–Crippen LogP) is 3.84. The summed E-state index contributed by atoms with van der Waals surface area (Å²) in [5.74, 6) is -0.453. The van der Waals surface area contributed by atoms with Crippen molar-refractivity contribution < 1.29 is 4.79 Å². The average Bonchev–Trinajstić information content (AvgIpc) is 2.95. The van der Waals surface area contributed by atoms with Crippen molar-refractivity contribution in [2.75, 3.05) is 5.32 Å². The van der Waals surface area contributed by atoms with Gasteiger partial charge in [0.05, 0.1) is 10.2 Å². The molecule has 22 heavy (non-hydrogen) atoms. The highest BCUT2D eigenvalue weighted by Gasteiger charge is 2.12. The number of fused-ring (bicyclic) bond motifs is 1. The van der Waals surface area contributed by atoms with Gasteiger partial charge in [-0.15, -0.1) is 0 Å². The minimum atomic E-state index is -0.453. The highest BCUT2D eigenvalue weighted by atomic mass is 32.1. The fourth-order valence-electron chi connectivity index (χ4n) is 1.95. The Kier molecular flexibility index (Phi) is 3.95. The van der Waals surface area contributed by atoms with E-state index in [4.69, 9.17) is 0 Å².